The molecule has 1 aromatic heterocycles. The van der Waals surface area contributed by atoms with Crippen molar-refractivity contribution in [2.75, 3.05) is 4.90 Å². The molecular formula is C49H45NO. The summed E-state index contributed by atoms with van der Waals surface area (Å²) in [7, 11) is 0. The van der Waals surface area contributed by atoms with Crippen LogP contribution < -0.4 is 4.90 Å². The molecule has 0 saturated heterocycles. The summed E-state index contributed by atoms with van der Waals surface area (Å²) < 4.78 is 6.42. The van der Waals surface area contributed by atoms with E-state index in [-0.39, 0.29) is 0 Å². The summed E-state index contributed by atoms with van der Waals surface area (Å²) in [5, 5.41) is 2.29. The Kier molecular flexibility index (Phi) is 7.41. The minimum Gasteiger partial charge on any atom is -0.456 e. The Labute approximate surface area is 301 Å². The van der Waals surface area contributed by atoms with Gasteiger partial charge in [0.2, 0.25) is 0 Å². The topological polar surface area (TPSA) is 16.4 Å². The van der Waals surface area contributed by atoms with Crippen LogP contribution in [0.5, 0.6) is 0 Å². The largest absolute Gasteiger partial charge is 0.456 e. The zero-order valence-corrected chi connectivity index (χ0v) is 29.6. The van der Waals surface area contributed by atoms with E-state index in [2.05, 4.69) is 158 Å². The Hall–Kier alpha value is -5.08. The number of furan rings is 1. The molecule has 11 rings (SSSR count). The van der Waals surface area contributed by atoms with Crippen LogP contribution in [0.3, 0.4) is 0 Å². The normalized spacial score (nSPS) is 22.3. The Balaban J connectivity index is 1.13. The van der Waals surface area contributed by atoms with E-state index >= 15 is 0 Å². The minimum absolute atomic E-state index is 0.476. The van der Waals surface area contributed by atoms with Crippen LogP contribution in [0.4, 0.5) is 17.1 Å². The molecule has 5 atom stereocenters. The smallest absolute Gasteiger partial charge is 0.137 e. The molecule has 0 radical (unpaired) electrons. The van der Waals surface area contributed by atoms with Gasteiger partial charge in [-0.05, 0) is 131 Å². The standard InChI is InChI=1S/C49H45NO/c1-31(2)36-27-32-19-20-35(29-36)43(28-32)48-40-14-7-6-13-39(40)44-30-38(25-26-41(44)48)50(37-23-21-34(22-24-37)33-11-4-3-5-12-33)45-16-10-18-47-49(45)42-15-8-9-17-46(42)51-47/h3-18,21-26,30-32,35-36,43,48H,19-20,27-29H2,1-2H3/t32?,35?,36-,43+,48?/m1/s1. The molecule has 2 heteroatoms. The summed E-state index contributed by atoms with van der Waals surface area (Å²) in [6.07, 6.45) is 7.04. The molecule has 3 unspecified atom stereocenters. The van der Waals surface area contributed by atoms with E-state index < -0.39 is 0 Å². The maximum absolute atomic E-state index is 6.42. The number of rotatable bonds is 6. The highest BCUT2D eigenvalue weighted by atomic mass is 16.3. The average Bonchev–Trinajstić information content (AvgIpc) is 3.55. The van der Waals surface area contributed by atoms with Crippen molar-refractivity contribution in [1.82, 2.24) is 0 Å². The van der Waals surface area contributed by atoms with Gasteiger partial charge in [-0.2, -0.15) is 0 Å². The zero-order valence-electron chi connectivity index (χ0n) is 29.6. The number of hydrogen-bond donors (Lipinski definition) is 0. The fraction of sp³-hybridized carbons (Fsp3) is 0.265. The second-order valence-corrected chi connectivity index (χ2v) is 15.9. The van der Waals surface area contributed by atoms with E-state index in [0.717, 1.165) is 57.0 Å². The van der Waals surface area contributed by atoms with Crippen molar-refractivity contribution < 1.29 is 4.42 Å². The first-order valence-electron chi connectivity index (χ1n) is 19.2. The third-order valence-electron chi connectivity index (χ3n) is 12.8. The first kappa shape index (κ1) is 30.7. The SMILES string of the molecule is CC(C)[C@@H]1CC2CCC(C1)[C@@H](C1c3ccccc3-c3cc(N(c4ccc(-c5ccccc5)cc4)c4cccc5oc6ccccc6c45)ccc31)C2. The second kappa shape index (κ2) is 12.3. The number of para-hydroxylation sites is 1. The van der Waals surface area contributed by atoms with Crippen LogP contribution in [0.2, 0.25) is 0 Å². The maximum Gasteiger partial charge on any atom is 0.137 e. The number of fused-ring (bicyclic) bond motifs is 10. The molecule has 252 valence electrons. The minimum atomic E-state index is 0.476. The van der Waals surface area contributed by atoms with Gasteiger partial charge in [0, 0.05) is 22.7 Å². The van der Waals surface area contributed by atoms with Gasteiger partial charge in [0.25, 0.3) is 0 Å². The van der Waals surface area contributed by atoms with Crippen molar-refractivity contribution in [3.05, 3.63) is 151 Å². The van der Waals surface area contributed by atoms with E-state index in [1.807, 2.05) is 0 Å². The van der Waals surface area contributed by atoms with Gasteiger partial charge in [-0.1, -0.05) is 117 Å². The molecule has 1 heterocycles. The van der Waals surface area contributed by atoms with Gasteiger partial charge >= 0.3 is 0 Å². The van der Waals surface area contributed by atoms with Crippen LogP contribution >= 0.6 is 0 Å². The van der Waals surface area contributed by atoms with Crippen molar-refractivity contribution in [3.63, 3.8) is 0 Å². The molecule has 4 aliphatic rings. The first-order valence-corrected chi connectivity index (χ1v) is 19.2. The zero-order chi connectivity index (χ0) is 34.1. The molecular weight excluding hydrogens is 619 g/mol. The van der Waals surface area contributed by atoms with Crippen molar-refractivity contribution in [2.24, 2.45) is 29.6 Å². The van der Waals surface area contributed by atoms with E-state index in [0.29, 0.717) is 11.8 Å². The summed E-state index contributed by atoms with van der Waals surface area (Å²) in [5.74, 6) is 4.52. The highest BCUT2D eigenvalue weighted by molar-refractivity contribution is 6.13. The molecule has 0 spiro atoms. The van der Waals surface area contributed by atoms with Gasteiger partial charge in [-0.25, -0.2) is 0 Å². The van der Waals surface area contributed by atoms with Crippen LogP contribution in [0.25, 0.3) is 44.2 Å². The highest BCUT2D eigenvalue weighted by Gasteiger charge is 2.45. The van der Waals surface area contributed by atoms with Gasteiger partial charge in [0.1, 0.15) is 11.2 Å². The molecule has 0 aliphatic heterocycles. The Morgan fingerprint density at radius 3 is 2.18 bits per heavy atom. The van der Waals surface area contributed by atoms with Crippen LogP contribution in [-0.2, 0) is 0 Å². The number of anilines is 3. The molecule has 3 fully saturated rings. The lowest BCUT2D eigenvalue weighted by Gasteiger charge is -2.37. The Bertz CT molecular complexity index is 2370. The van der Waals surface area contributed by atoms with Gasteiger partial charge in [-0.3, -0.25) is 0 Å². The van der Waals surface area contributed by atoms with Crippen LogP contribution in [0.1, 0.15) is 63.0 Å². The monoisotopic (exact) mass is 663 g/mol. The van der Waals surface area contributed by atoms with Gasteiger partial charge < -0.3 is 9.32 Å². The van der Waals surface area contributed by atoms with E-state index in [4.69, 9.17) is 4.42 Å². The number of nitrogens with zero attached hydrogens (tertiary/aromatic N) is 1. The molecule has 4 aliphatic carbocycles. The van der Waals surface area contributed by atoms with E-state index in [9.17, 15) is 0 Å². The predicted octanol–water partition coefficient (Wildman–Crippen LogP) is 13.9. The predicted molar refractivity (Wildman–Crippen MR) is 213 cm³/mol. The Morgan fingerprint density at radius 2 is 1.31 bits per heavy atom. The summed E-state index contributed by atoms with van der Waals surface area (Å²) >= 11 is 0. The summed E-state index contributed by atoms with van der Waals surface area (Å²) in [6.45, 7) is 4.92. The fourth-order valence-corrected chi connectivity index (χ4v) is 10.4. The molecule has 2 bridgehead atoms. The summed E-state index contributed by atoms with van der Waals surface area (Å²) in [4.78, 5) is 2.45. The molecule has 2 nitrogen and oxygen atoms in total. The van der Waals surface area contributed by atoms with Crippen LogP contribution in [0, 0.1) is 29.6 Å². The molecule has 7 aromatic rings. The van der Waals surface area contributed by atoms with Crippen molar-refractivity contribution in [1.29, 1.82) is 0 Å². The molecule has 51 heavy (non-hydrogen) atoms. The van der Waals surface area contributed by atoms with Crippen molar-refractivity contribution >= 4 is 39.0 Å². The van der Waals surface area contributed by atoms with Gasteiger partial charge in [0.05, 0.1) is 11.1 Å². The molecule has 6 aromatic carbocycles. The maximum atomic E-state index is 6.42. The first-order chi connectivity index (χ1) is 25.1. The van der Waals surface area contributed by atoms with Crippen molar-refractivity contribution in [3.8, 4) is 22.3 Å². The third kappa shape index (κ3) is 5.14. The van der Waals surface area contributed by atoms with Crippen LogP contribution in [-0.4, -0.2) is 0 Å². The summed E-state index contributed by atoms with van der Waals surface area (Å²) in [5.41, 5.74) is 13.6. The number of benzene rings is 6. The van der Waals surface area contributed by atoms with Gasteiger partial charge in [0.15, 0.2) is 0 Å². The fourth-order valence-electron chi connectivity index (χ4n) is 10.4. The lowest BCUT2D eigenvalue weighted by Crippen LogP contribution is -2.27. The second-order valence-electron chi connectivity index (χ2n) is 15.9. The molecule has 3 saturated carbocycles. The van der Waals surface area contributed by atoms with E-state index in [1.54, 1.807) is 5.56 Å². The van der Waals surface area contributed by atoms with E-state index in [1.165, 1.54) is 65.6 Å². The average molecular weight is 664 g/mol. The molecule has 0 N–H and O–H groups in total. The summed E-state index contributed by atoms with van der Waals surface area (Å²) in [6, 6.07) is 51.4. The quantitative estimate of drug-likeness (QED) is 0.176. The lowest BCUT2D eigenvalue weighted by atomic mass is 9.67. The number of hydrogen-bond acceptors (Lipinski definition) is 2. The molecule has 0 amide bonds. The Morgan fingerprint density at radius 1 is 0.588 bits per heavy atom. The highest BCUT2D eigenvalue weighted by Crippen LogP contribution is 2.58. The van der Waals surface area contributed by atoms with Gasteiger partial charge in [-0.15, -0.1) is 0 Å². The lowest BCUT2D eigenvalue weighted by molar-refractivity contribution is 0.184. The van der Waals surface area contributed by atoms with Crippen molar-refractivity contribution in [2.45, 2.75) is 51.9 Å². The third-order valence-corrected chi connectivity index (χ3v) is 12.8. The van der Waals surface area contributed by atoms with Crippen LogP contribution in [0.15, 0.2) is 144 Å².